The van der Waals surface area contributed by atoms with Crippen LogP contribution in [0.2, 0.25) is 0 Å². The van der Waals surface area contributed by atoms with Gasteiger partial charge in [0.15, 0.2) is 0 Å². The first kappa shape index (κ1) is 14.3. The van der Waals surface area contributed by atoms with Gasteiger partial charge in [0, 0.05) is 13.0 Å². The lowest BCUT2D eigenvalue weighted by atomic mass is 9.89. The molecule has 1 rings (SSSR count). The van der Waals surface area contributed by atoms with E-state index in [9.17, 15) is 0 Å². The number of nitrogens with two attached hydrogens (primary N) is 1. The van der Waals surface area contributed by atoms with E-state index in [-0.39, 0.29) is 5.41 Å². The van der Waals surface area contributed by atoms with Crippen molar-refractivity contribution in [3.8, 4) is 0 Å². The molecule has 1 aromatic heterocycles. The van der Waals surface area contributed by atoms with Crippen molar-refractivity contribution in [3.05, 3.63) is 23.7 Å². The van der Waals surface area contributed by atoms with E-state index >= 15 is 0 Å². The Labute approximate surface area is 105 Å². The van der Waals surface area contributed by atoms with Crippen LogP contribution in [0.3, 0.4) is 0 Å². The fourth-order valence-corrected chi connectivity index (χ4v) is 1.63. The van der Waals surface area contributed by atoms with Crippen molar-refractivity contribution in [2.24, 2.45) is 11.1 Å². The number of aryl methyl sites for hydroxylation is 1. The summed E-state index contributed by atoms with van der Waals surface area (Å²) in [4.78, 5) is 2.34. The van der Waals surface area contributed by atoms with Crippen LogP contribution >= 0.6 is 0 Å². The smallest absolute Gasteiger partial charge is 0.105 e. The lowest BCUT2D eigenvalue weighted by Crippen LogP contribution is -2.30. The highest BCUT2D eigenvalue weighted by atomic mass is 16.3. The van der Waals surface area contributed by atoms with Gasteiger partial charge in [0.1, 0.15) is 11.5 Å². The van der Waals surface area contributed by atoms with E-state index in [4.69, 9.17) is 10.2 Å². The average Bonchev–Trinajstić information content (AvgIpc) is 2.70. The van der Waals surface area contributed by atoms with E-state index < -0.39 is 0 Å². The predicted octanol–water partition coefficient (Wildman–Crippen LogP) is 2.44. The largest absolute Gasteiger partial charge is 0.466 e. The third-order valence-corrected chi connectivity index (χ3v) is 3.26. The summed E-state index contributed by atoms with van der Waals surface area (Å²) >= 11 is 0. The van der Waals surface area contributed by atoms with Crippen LogP contribution in [0.4, 0.5) is 0 Å². The molecule has 0 aliphatic heterocycles. The zero-order chi connectivity index (χ0) is 12.9. The Balaban J connectivity index is 2.24. The van der Waals surface area contributed by atoms with Crippen molar-refractivity contribution in [1.29, 1.82) is 0 Å². The molecule has 98 valence electrons. The molecule has 0 atom stereocenters. The molecule has 0 aliphatic carbocycles. The first-order valence-corrected chi connectivity index (χ1v) is 6.37. The Morgan fingerprint density at radius 1 is 1.29 bits per heavy atom. The highest BCUT2D eigenvalue weighted by molar-refractivity contribution is 5.05. The van der Waals surface area contributed by atoms with Gasteiger partial charge >= 0.3 is 0 Å². The van der Waals surface area contributed by atoms with Crippen LogP contribution in [0.15, 0.2) is 16.5 Å². The van der Waals surface area contributed by atoms with Crippen LogP contribution in [0.25, 0.3) is 0 Å². The monoisotopic (exact) mass is 238 g/mol. The Morgan fingerprint density at radius 3 is 2.53 bits per heavy atom. The van der Waals surface area contributed by atoms with Crippen molar-refractivity contribution in [2.75, 3.05) is 26.7 Å². The normalized spacial score (nSPS) is 12.4. The van der Waals surface area contributed by atoms with Crippen LogP contribution < -0.4 is 5.73 Å². The van der Waals surface area contributed by atoms with Crippen LogP contribution in [0.1, 0.15) is 31.8 Å². The van der Waals surface area contributed by atoms with Crippen molar-refractivity contribution in [3.63, 3.8) is 0 Å². The lowest BCUT2D eigenvalue weighted by molar-refractivity contribution is 0.252. The third-order valence-electron chi connectivity index (χ3n) is 3.26. The standard InChI is InChI=1S/C14H26N2O/c1-12-5-6-13(17-12)7-9-16(4)10-8-14(2,3)11-15/h5-6H,7-11,15H2,1-4H3. The van der Waals surface area contributed by atoms with E-state index in [1.807, 2.05) is 13.0 Å². The second kappa shape index (κ2) is 6.22. The summed E-state index contributed by atoms with van der Waals surface area (Å²) in [5.41, 5.74) is 5.97. The zero-order valence-electron chi connectivity index (χ0n) is 11.6. The molecule has 0 aliphatic rings. The highest BCUT2D eigenvalue weighted by Crippen LogP contribution is 2.18. The first-order chi connectivity index (χ1) is 7.93. The molecule has 0 spiro atoms. The Kier molecular flexibility index (Phi) is 5.22. The molecule has 3 nitrogen and oxygen atoms in total. The molecule has 0 saturated heterocycles. The van der Waals surface area contributed by atoms with Gasteiger partial charge in [-0.15, -0.1) is 0 Å². The molecular weight excluding hydrogens is 212 g/mol. The molecule has 0 amide bonds. The van der Waals surface area contributed by atoms with Crippen molar-refractivity contribution >= 4 is 0 Å². The van der Waals surface area contributed by atoms with Gasteiger partial charge in [-0.25, -0.2) is 0 Å². The fourth-order valence-electron chi connectivity index (χ4n) is 1.63. The van der Waals surface area contributed by atoms with Crippen LogP contribution in [0.5, 0.6) is 0 Å². The second-order valence-electron chi connectivity index (χ2n) is 5.68. The third kappa shape index (κ3) is 5.37. The minimum Gasteiger partial charge on any atom is -0.466 e. The minimum absolute atomic E-state index is 0.246. The van der Waals surface area contributed by atoms with E-state index in [2.05, 4.69) is 31.9 Å². The maximum atomic E-state index is 5.73. The van der Waals surface area contributed by atoms with Crippen molar-refractivity contribution in [2.45, 2.75) is 33.6 Å². The number of likely N-dealkylation sites (N-methyl/N-ethyl adjacent to an activating group) is 1. The Morgan fingerprint density at radius 2 is 2.00 bits per heavy atom. The Hall–Kier alpha value is -0.800. The van der Waals surface area contributed by atoms with E-state index in [1.54, 1.807) is 0 Å². The quantitative estimate of drug-likeness (QED) is 0.793. The van der Waals surface area contributed by atoms with Gasteiger partial charge in [-0.3, -0.25) is 0 Å². The van der Waals surface area contributed by atoms with Gasteiger partial charge in [0.05, 0.1) is 0 Å². The summed E-state index contributed by atoms with van der Waals surface area (Å²) in [6, 6.07) is 4.08. The van der Waals surface area contributed by atoms with Crippen LogP contribution in [-0.4, -0.2) is 31.6 Å². The summed E-state index contributed by atoms with van der Waals surface area (Å²) in [6.07, 6.45) is 2.12. The maximum absolute atomic E-state index is 5.73. The minimum atomic E-state index is 0.246. The molecule has 0 fully saturated rings. The lowest BCUT2D eigenvalue weighted by Gasteiger charge is -2.25. The fraction of sp³-hybridized carbons (Fsp3) is 0.714. The molecular formula is C14H26N2O. The van der Waals surface area contributed by atoms with Crippen LogP contribution in [0, 0.1) is 12.3 Å². The molecule has 2 N–H and O–H groups in total. The number of nitrogens with zero attached hydrogens (tertiary/aromatic N) is 1. The van der Waals surface area contributed by atoms with Gasteiger partial charge in [-0.1, -0.05) is 13.8 Å². The molecule has 17 heavy (non-hydrogen) atoms. The molecule has 0 unspecified atom stereocenters. The predicted molar refractivity (Wildman–Crippen MR) is 72.1 cm³/mol. The van der Waals surface area contributed by atoms with Crippen LogP contribution in [-0.2, 0) is 6.42 Å². The molecule has 0 aromatic carbocycles. The summed E-state index contributed by atoms with van der Waals surface area (Å²) in [5, 5.41) is 0. The SMILES string of the molecule is Cc1ccc(CCN(C)CCC(C)(C)CN)o1. The maximum Gasteiger partial charge on any atom is 0.105 e. The van der Waals surface area contributed by atoms with Gasteiger partial charge in [0.2, 0.25) is 0 Å². The van der Waals surface area contributed by atoms with Crippen molar-refractivity contribution in [1.82, 2.24) is 4.90 Å². The summed E-state index contributed by atoms with van der Waals surface area (Å²) in [6.45, 7) is 9.29. The molecule has 0 bridgehead atoms. The van der Waals surface area contributed by atoms with E-state index in [0.29, 0.717) is 0 Å². The summed E-state index contributed by atoms with van der Waals surface area (Å²) in [5.74, 6) is 2.07. The number of rotatable bonds is 7. The van der Waals surface area contributed by atoms with E-state index in [0.717, 1.165) is 44.0 Å². The van der Waals surface area contributed by atoms with Gasteiger partial charge in [-0.05, 0) is 51.0 Å². The number of hydrogen-bond acceptors (Lipinski definition) is 3. The first-order valence-electron chi connectivity index (χ1n) is 6.37. The summed E-state index contributed by atoms with van der Waals surface area (Å²) in [7, 11) is 2.16. The van der Waals surface area contributed by atoms with Gasteiger partial charge < -0.3 is 15.1 Å². The second-order valence-corrected chi connectivity index (χ2v) is 5.68. The molecule has 1 aromatic rings. The molecule has 1 heterocycles. The number of hydrogen-bond donors (Lipinski definition) is 1. The summed E-state index contributed by atoms with van der Waals surface area (Å²) < 4.78 is 5.55. The topological polar surface area (TPSA) is 42.4 Å². The zero-order valence-corrected chi connectivity index (χ0v) is 11.6. The Bertz CT molecular complexity index is 331. The van der Waals surface area contributed by atoms with Crippen molar-refractivity contribution < 1.29 is 4.42 Å². The van der Waals surface area contributed by atoms with Gasteiger partial charge in [-0.2, -0.15) is 0 Å². The van der Waals surface area contributed by atoms with E-state index in [1.165, 1.54) is 0 Å². The van der Waals surface area contributed by atoms with Gasteiger partial charge in [0.25, 0.3) is 0 Å². The molecule has 0 radical (unpaired) electrons. The number of furan rings is 1. The average molecular weight is 238 g/mol. The highest BCUT2D eigenvalue weighted by Gasteiger charge is 2.15. The molecule has 3 heteroatoms. The molecule has 0 saturated carbocycles.